The Morgan fingerprint density at radius 1 is 1.14 bits per heavy atom. The summed E-state index contributed by atoms with van der Waals surface area (Å²) in [6, 6.07) is 10.9. The molecule has 1 unspecified atom stereocenters. The number of rotatable bonds is 6. The van der Waals surface area contributed by atoms with Gasteiger partial charge in [-0.05, 0) is 50.2 Å². The van der Waals surface area contributed by atoms with Gasteiger partial charge < -0.3 is 14.8 Å². The van der Waals surface area contributed by atoms with Crippen LogP contribution in [0.5, 0.6) is 11.5 Å². The molecule has 0 bridgehead atoms. The molecular formula is C21H22FN3O3. The Kier molecular flexibility index (Phi) is 5.63. The SMILES string of the molecule is COc1cccc(C(=O)NC(C)c2cnn(-c3ccc(F)cc3)c2C)c1OC. The summed E-state index contributed by atoms with van der Waals surface area (Å²) in [5.41, 5.74) is 2.85. The monoisotopic (exact) mass is 383 g/mol. The molecule has 1 heterocycles. The summed E-state index contributed by atoms with van der Waals surface area (Å²) in [7, 11) is 3.02. The second-order valence-electron chi connectivity index (χ2n) is 6.31. The van der Waals surface area contributed by atoms with Gasteiger partial charge in [-0.1, -0.05) is 6.07 Å². The smallest absolute Gasteiger partial charge is 0.255 e. The van der Waals surface area contributed by atoms with E-state index in [9.17, 15) is 9.18 Å². The first-order valence-electron chi connectivity index (χ1n) is 8.78. The number of nitrogens with one attached hydrogen (secondary N) is 1. The highest BCUT2D eigenvalue weighted by Crippen LogP contribution is 2.31. The van der Waals surface area contributed by atoms with E-state index in [4.69, 9.17) is 9.47 Å². The van der Waals surface area contributed by atoms with Crippen molar-refractivity contribution in [3.05, 3.63) is 71.3 Å². The first-order chi connectivity index (χ1) is 13.5. The van der Waals surface area contributed by atoms with E-state index in [1.807, 2.05) is 13.8 Å². The van der Waals surface area contributed by atoms with E-state index in [1.54, 1.807) is 41.2 Å². The van der Waals surface area contributed by atoms with Crippen LogP contribution in [0.3, 0.4) is 0 Å². The maximum atomic E-state index is 13.2. The summed E-state index contributed by atoms with van der Waals surface area (Å²) < 4.78 is 25.5. The lowest BCUT2D eigenvalue weighted by Gasteiger charge is -2.16. The summed E-state index contributed by atoms with van der Waals surface area (Å²) in [6.07, 6.45) is 1.70. The van der Waals surface area contributed by atoms with Gasteiger partial charge in [-0.2, -0.15) is 5.10 Å². The molecule has 3 rings (SSSR count). The fraction of sp³-hybridized carbons (Fsp3) is 0.238. The van der Waals surface area contributed by atoms with Crippen LogP contribution in [0.2, 0.25) is 0 Å². The van der Waals surface area contributed by atoms with Gasteiger partial charge in [0.2, 0.25) is 0 Å². The molecule has 0 aliphatic carbocycles. The summed E-state index contributed by atoms with van der Waals surface area (Å²) in [6.45, 7) is 3.78. The van der Waals surface area contributed by atoms with Crippen molar-refractivity contribution in [1.82, 2.24) is 15.1 Å². The quantitative estimate of drug-likeness (QED) is 0.703. The molecular weight excluding hydrogens is 361 g/mol. The molecule has 2 aromatic carbocycles. The van der Waals surface area contributed by atoms with Crippen LogP contribution in [0.4, 0.5) is 4.39 Å². The third-order valence-corrected chi connectivity index (χ3v) is 4.58. The number of methoxy groups -OCH3 is 2. The molecule has 7 heteroatoms. The van der Waals surface area contributed by atoms with E-state index in [1.165, 1.54) is 26.4 Å². The maximum absolute atomic E-state index is 13.2. The van der Waals surface area contributed by atoms with Crippen molar-refractivity contribution in [2.45, 2.75) is 19.9 Å². The number of carbonyl (C=O) groups is 1. The van der Waals surface area contributed by atoms with Crippen LogP contribution in [0.15, 0.2) is 48.7 Å². The van der Waals surface area contributed by atoms with Gasteiger partial charge in [0.05, 0.1) is 37.7 Å². The van der Waals surface area contributed by atoms with Crippen molar-refractivity contribution in [1.29, 1.82) is 0 Å². The van der Waals surface area contributed by atoms with Gasteiger partial charge in [0.15, 0.2) is 11.5 Å². The lowest BCUT2D eigenvalue weighted by atomic mass is 10.1. The Bertz CT molecular complexity index is 983. The minimum Gasteiger partial charge on any atom is -0.493 e. The number of hydrogen-bond donors (Lipinski definition) is 1. The molecule has 1 N–H and O–H groups in total. The molecule has 0 aliphatic rings. The van der Waals surface area contributed by atoms with Gasteiger partial charge in [-0.15, -0.1) is 0 Å². The van der Waals surface area contributed by atoms with Crippen LogP contribution in [0, 0.1) is 12.7 Å². The van der Waals surface area contributed by atoms with Gasteiger partial charge in [0.25, 0.3) is 5.91 Å². The third kappa shape index (κ3) is 3.69. The fourth-order valence-corrected chi connectivity index (χ4v) is 3.11. The van der Waals surface area contributed by atoms with E-state index < -0.39 is 0 Å². The van der Waals surface area contributed by atoms with E-state index in [2.05, 4.69) is 10.4 Å². The molecule has 0 fully saturated rings. The van der Waals surface area contributed by atoms with Crippen LogP contribution in [0.25, 0.3) is 5.69 Å². The highest BCUT2D eigenvalue weighted by Gasteiger charge is 2.21. The summed E-state index contributed by atoms with van der Waals surface area (Å²) >= 11 is 0. The Morgan fingerprint density at radius 2 is 1.86 bits per heavy atom. The van der Waals surface area contributed by atoms with Crippen molar-refractivity contribution in [2.24, 2.45) is 0 Å². The second-order valence-corrected chi connectivity index (χ2v) is 6.31. The Balaban J connectivity index is 1.83. The number of hydrogen-bond acceptors (Lipinski definition) is 4. The van der Waals surface area contributed by atoms with Crippen molar-refractivity contribution in [3.8, 4) is 17.2 Å². The highest BCUT2D eigenvalue weighted by molar-refractivity contribution is 5.98. The standard InChI is InChI=1S/C21H22FN3O3/c1-13(24-21(26)17-6-5-7-19(27-3)20(17)28-4)18-12-23-25(14(18)2)16-10-8-15(22)9-11-16/h5-13H,1-4H3,(H,24,26). The molecule has 3 aromatic rings. The number of carbonyl (C=O) groups excluding carboxylic acids is 1. The van der Waals surface area contributed by atoms with Gasteiger partial charge in [0.1, 0.15) is 5.82 Å². The minimum atomic E-state index is -0.304. The molecule has 28 heavy (non-hydrogen) atoms. The Labute approximate surface area is 162 Å². The molecule has 1 atom stereocenters. The first kappa shape index (κ1) is 19.4. The van der Waals surface area contributed by atoms with Crippen molar-refractivity contribution in [3.63, 3.8) is 0 Å². The minimum absolute atomic E-state index is 0.280. The Morgan fingerprint density at radius 3 is 2.50 bits per heavy atom. The molecule has 0 saturated heterocycles. The molecule has 1 amide bonds. The number of halogens is 1. The summed E-state index contributed by atoms with van der Waals surface area (Å²) in [5.74, 6) is 0.287. The maximum Gasteiger partial charge on any atom is 0.255 e. The fourth-order valence-electron chi connectivity index (χ4n) is 3.11. The zero-order valence-electron chi connectivity index (χ0n) is 16.2. The molecule has 0 spiro atoms. The average molecular weight is 383 g/mol. The van der Waals surface area contributed by atoms with Gasteiger partial charge in [0, 0.05) is 11.3 Å². The lowest BCUT2D eigenvalue weighted by molar-refractivity contribution is 0.0936. The van der Waals surface area contributed by atoms with E-state index in [-0.39, 0.29) is 17.8 Å². The first-order valence-corrected chi connectivity index (χ1v) is 8.78. The van der Waals surface area contributed by atoms with Crippen LogP contribution in [-0.4, -0.2) is 29.9 Å². The predicted molar refractivity (Wildman–Crippen MR) is 104 cm³/mol. The van der Waals surface area contributed by atoms with Crippen LogP contribution in [0.1, 0.15) is 34.6 Å². The van der Waals surface area contributed by atoms with Gasteiger partial charge in [-0.3, -0.25) is 4.79 Å². The molecule has 0 aliphatic heterocycles. The van der Waals surface area contributed by atoms with Crippen LogP contribution in [-0.2, 0) is 0 Å². The Hall–Kier alpha value is -3.35. The lowest BCUT2D eigenvalue weighted by Crippen LogP contribution is -2.27. The van der Waals surface area contributed by atoms with Gasteiger partial charge >= 0.3 is 0 Å². The van der Waals surface area contributed by atoms with E-state index in [0.717, 1.165) is 16.9 Å². The predicted octanol–water partition coefficient (Wildman–Crippen LogP) is 3.83. The molecule has 0 saturated carbocycles. The van der Waals surface area contributed by atoms with Crippen molar-refractivity contribution in [2.75, 3.05) is 14.2 Å². The third-order valence-electron chi connectivity index (χ3n) is 4.58. The average Bonchev–Trinajstić information content (AvgIpc) is 3.09. The zero-order chi connectivity index (χ0) is 20.3. The number of para-hydroxylation sites is 1. The summed E-state index contributed by atoms with van der Waals surface area (Å²) in [4.78, 5) is 12.8. The number of ether oxygens (including phenoxy) is 2. The van der Waals surface area contributed by atoms with Crippen LogP contribution < -0.4 is 14.8 Å². The number of benzene rings is 2. The second kappa shape index (κ2) is 8.12. The molecule has 6 nitrogen and oxygen atoms in total. The number of nitrogens with zero attached hydrogens (tertiary/aromatic N) is 2. The number of amides is 1. The normalized spacial score (nSPS) is 11.8. The largest absolute Gasteiger partial charge is 0.493 e. The molecule has 146 valence electrons. The van der Waals surface area contributed by atoms with Gasteiger partial charge in [-0.25, -0.2) is 9.07 Å². The topological polar surface area (TPSA) is 65.4 Å². The highest BCUT2D eigenvalue weighted by atomic mass is 19.1. The molecule has 0 radical (unpaired) electrons. The summed E-state index contributed by atoms with van der Waals surface area (Å²) in [5, 5.41) is 7.34. The van der Waals surface area contributed by atoms with E-state index in [0.29, 0.717) is 17.1 Å². The van der Waals surface area contributed by atoms with Crippen molar-refractivity contribution < 1.29 is 18.7 Å². The van der Waals surface area contributed by atoms with Crippen molar-refractivity contribution >= 4 is 5.91 Å². The molecule has 1 aromatic heterocycles. The number of aromatic nitrogens is 2. The van der Waals surface area contributed by atoms with Crippen LogP contribution >= 0.6 is 0 Å². The van der Waals surface area contributed by atoms with E-state index >= 15 is 0 Å². The zero-order valence-corrected chi connectivity index (χ0v) is 16.2.